The number of nitrogens with zero attached hydrogens (tertiary/aromatic N) is 1. The number of nitriles is 1. The highest BCUT2D eigenvalue weighted by atomic mass is 16.3. The predicted octanol–water partition coefficient (Wildman–Crippen LogP) is 3.19. The van der Waals surface area contributed by atoms with Crippen molar-refractivity contribution in [2.24, 2.45) is 0 Å². The Hall–Kier alpha value is -2.31. The number of aliphatic hydroxyl groups excluding tert-OH is 1. The molecule has 3 nitrogen and oxygen atoms in total. The molecule has 0 spiro atoms. The number of nitrogens with one attached hydrogen (secondary N) is 1. The lowest BCUT2D eigenvalue weighted by Gasteiger charge is -2.31. The summed E-state index contributed by atoms with van der Waals surface area (Å²) in [7, 11) is 0. The molecule has 0 heterocycles. The van der Waals surface area contributed by atoms with E-state index >= 15 is 0 Å². The van der Waals surface area contributed by atoms with Crippen molar-refractivity contribution in [1.82, 2.24) is 0 Å². The first-order valence-corrected chi connectivity index (χ1v) is 6.55. The van der Waals surface area contributed by atoms with Crippen molar-refractivity contribution in [2.75, 3.05) is 11.9 Å². The SMILES string of the molecule is Cc1cccc(C#N)c1NC(C)(CO)c1ccccc1. The van der Waals surface area contributed by atoms with Crippen LogP contribution in [0.4, 0.5) is 5.69 Å². The number of para-hydroxylation sites is 1. The van der Waals surface area contributed by atoms with Crippen LogP contribution >= 0.6 is 0 Å². The van der Waals surface area contributed by atoms with E-state index in [4.69, 9.17) is 0 Å². The molecule has 0 bridgehead atoms. The largest absolute Gasteiger partial charge is 0.394 e. The number of benzene rings is 2. The van der Waals surface area contributed by atoms with Gasteiger partial charge in [-0.3, -0.25) is 0 Å². The van der Waals surface area contributed by atoms with Crippen LogP contribution in [0.5, 0.6) is 0 Å². The smallest absolute Gasteiger partial charge is 0.101 e. The number of aliphatic hydroxyl groups is 1. The second-order valence-corrected chi connectivity index (χ2v) is 5.09. The number of anilines is 1. The van der Waals surface area contributed by atoms with E-state index in [1.807, 2.05) is 56.3 Å². The zero-order valence-corrected chi connectivity index (χ0v) is 11.7. The minimum atomic E-state index is -0.626. The van der Waals surface area contributed by atoms with Gasteiger partial charge in [-0.25, -0.2) is 0 Å². The molecule has 2 N–H and O–H groups in total. The average molecular weight is 266 g/mol. The van der Waals surface area contributed by atoms with Gasteiger partial charge in [-0.15, -0.1) is 0 Å². The highest BCUT2D eigenvalue weighted by Crippen LogP contribution is 2.29. The second kappa shape index (κ2) is 5.77. The van der Waals surface area contributed by atoms with E-state index < -0.39 is 5.54 Å². The summed E-state index contributed by atoms with van der Waals surface area (Å²) < 4.78 is 0. The first-order valence-electron chi connectivity index (χ1n) is 6.55. The molecular weight excluding hydrogens is 248 g/mol. The Balaban J connectivity index is 2.44. The maximum atomic E-state index is 9.81. The molecule has 102 valence electrons. The third-order valence-electron chi connectivity index (χ3n) is 3.52. The van der Waals surface area contributed by atoms with Crippen molar-refractivity contribution in [1.29, 1.82) is 5.26 Å². The van der Waals surface area contributed by atoms with Crippen molar-refractivity contribution in [3.63, 3.8) is 0 Å². The van der Waals surface area contributed by atoms with Crippen LogP contribution in [0, 0.1) is 18.3 Å². The van der Waals surface area contributed by atoms with E-state index in [1.54, 1.807) is 6.07 Å². The van der Waals surface area contributed by atoms with E-state index in [9.17, 15) is 10.4 Å². The van der Waals surface area contributed by atoms with Crippen LogP contribution in [0.15, 0.2) is 48.5 Å². The molecule has 0 fully saturated rings. The standard InChI is InChI=1S/C17H18N2O/c1-13-7-6-8-14(11-18)16(13)19-17(2,12-20)15-9-4-3-5-10-15/h3-10,19-20H,12H2,1-2H3. The lowest BCUT2D eigenvalue weighted by Crippen LogP contribution is -2.36. The maximum absolute atomic E-state index is 9.81. The molecule has 0 aromatic heterocycles. The molecule has 0 aliphatic carbocycles. The first kappa shape index (κ1) is 14.1. The van der Waals surface area contributed by atoms with Gasteiger partial charge in [0.15, 0.2) is 0 Å². The van der Waals surface area contributed by atoms with Crippen molar-refractivity contribution >= 4 is 5.69 Å². The van der Waals surface area contributed by atoms with E-state index in [0.717, 1.165) is 16.8 Å². The van der Waals surface area contributed by atoms with Gasteiger partial charge in [0.1, 0.15) is 6.07 Å². The van der Waals surface area contributed by atoms with Crippen LogP contribution < -0.4 is 5.32 Å². The third kappa shape index (κ3) is 2.66. The monoisotopic (exact) mass is 266 g/mol. The minimum Gasteiger partial charge on any atom is -0.394 e. The number of hydrogen-bond donors (Lipinski definition) is 2. The van der Waals surface area contributed by atoms with Crippen LogP contribution in [-0.2, 0) is 5.54 Å². The summed E-state index contributed by atoms with van der Waals surface area (Å²) in [6.45, 7) is 3.82. The molecule has 2 aromatic carbocycles. The number of aryl methyl sites for hydroxylation is 1. The van der Waals surface area contributed by atoms with Gasteiger partial charge in [0.2, 0.25) is 0 Å². The van der Waals surface area contributed by atoms with Gasteiger partial charge in [0, 0.05) is 0 Å². The molecule has 0 saturated heterocycles. The molecule has 0 saturated carbocycles. The second-order valence-electron chi connectivity index (χ2n) is 5.09. The zero-order valence-electron chi connectivity index (χ0n) is 11.7. The molecule has 0 aliphatic heterocycles. The molecule has 1 unspecified atom stereocenters. The van der Waals surface area contributed by atoms with Gasteiger partial charge in [-0.2, -0.15) is 5.26 Å². The van der Waals surface area contributed by atoms with Gasteiger partial charge in [-0.1, -0.05) is 42.5 Å². The summed E-state index contributed by atoms with van der Waals surface area (Å²) in [6, 6.07) is 17.5. The first-order chi connectivity index (χ1) is 9.60. The summed E-state index contributed by atoms with van der Waals surface area (Å²) in [5.74, 6) is 0. The molecule has 0 amide bonds. The third-order valence-corrected chi connectivity index (χ3v) is 3.52. The summed E-state index contributed by atoms with van der Waals surface area (Å²) in [5, 5.41) is 22.4. The Labute approximate surface area is 119 Å². The van der Waals surface area contributed by atoms with Gasteiger partial charge >= 0.3 is 0 Å². The van der Waals surface area contributed by atoms with Crippen molar-refractivity contribution in [2.45, 2.75) is 19.4 Å². The summed E-state index contributed by atoms with van der Waals surface area (Å²) >= 11 is 0. The molecule has 20 heavy (non-hydrogen) atoms. The van der Waals surface area contributed by atoms with Crippen molar-refractivity contribution in [3.8, 4) is 6.07 Å². The van der Waals surface area contributed by atoms with Gasteiger partial charge in [0.25, 0.3) is 0 Å². The maximum Gasteiger partial charge on any atom is 0.101 e. The normalized spacial score (nSPS) is 13.3. The zero-order chi connectivity index (χ0) is 14.6. The van der Waals surface area contributed by atoms with E-state index in [-0.39, 0.29) is 6.61 Å². The molecule has 2 aromatic rings. The van der Waals surface area contributed by atoms with Gasteiger partial charge in [-0.05, 0) is 31.0 Å². The Morgan fingerprint density at radius 3 is 2.45 bits per heavy atom. The van der Waals surface area contributed by atoms with Gasteiger partial charge in [0.05, 0.1) is 23.4 Å². The summed E-state index contributed by atoms with van der Waals surface area (Å²) in [6.07, 6.45) is 0. The lowest BCUT2D eigenvalue weighted by molar-refractivity contribution is 0.224. The molecule has 1 atom stereocenters. The molecule has 0 radical (unpaired) electrons. The van der Waals surface area contributed by atoms with E-state index in [1.165, 1.54) is 0 Å². The Bertz CT molecular complexity index is 631. The van der Waals surface area contributed by atoms with E-state index in [0.29, 0.717) is 5.56 Å². The van der Waals surface area contributed by atoms with Crippen LogP contribution in [0.25, 0.3) is 0 Å². The lowest BCUT2D eigenvalue weighted by atomic mass is 9.91. The topological polar surface area (TPSA) is 56.0 Å². The summed E-state index contributed by atoms with van der Waals surface area (Å²) in [5.41, 5.74) is 2.70. The van der Waals surface area contributed by atoms with Crippen LogP contribution in [-0.4, -0.2) is 11.7 Å². The minimum absolute atomic E-state index is 0.0593. The Kier molecular flexibility index (Phi) is 4.07. The molecule has 3 heteroatoms. The predicted molar refractivity (Wildman–Crippen MR) is 80.4 cm³/mol. The highest BCUT2D eigenvalue weighted by molar-refractivity contribution is 5.64. The Morgan fingerprint density at radius 1 is 1.15 bits per heavy atom. The van der Waals surface area contributed by atoms with Gasteiger partial charge < -0.3 is 10.4 Å². The fourth-order valence-electron chi connectivity index (χ4n) is 2.21. The molecular formula is C17H18N2O. The molecule has 0 aliphatic rings. The van der Waals surface area contributed by atoms with Crippen LogP contribution in [0.1, 0.15) is 23.6 Å². The van der Waals surface area contributed by atoms with Crippen LogP contribution in [0.2, 0.25) is 0 Å². The average Bonchev–Trinajstić information content (AvgIpc) is 2.50. The van der Waals surface area contributed by atoms with E-state index in [2.05, 4.69) is 11.4 Å². The number of hydrogen-bond acceptors (Lipinski definition) is 3. The fraction of sp³-hybridized carbons (Fsp3) is 0.235. The van der Waals surface area contributed by atoms with Crippen molar-refractivity contribution < 1.29 is 5.11 Å². The highest BCUT2D eigenvalue weighted by Gasteiger charge is 2.26. The Morgan fingerprint density at radius 2 is 1.85 bits per heavy atom. The fourth-order valence-corrected chi connectivity index (χ4v) is 2.21. The summed E-state index contributed by atoms with van der Waals surface area (Å²) in [4.78, 5) is 0. The number of rotatable bonds is 4. The van der Waals surface area contributed by atoms with Crippen LogP contribution in [0.3, 0.4) is 0 Å². The molecule has 2 rings (SSSR count). The van der Waals surface area contributed by atoms with Crippen molar-refractivity contribution in [3.05, 3.63) is 65.2 Å². The quantitative estimate of drug-likeness (QED) is 0.893.